The Bertz CT molecular complexity index is 1040. The zero-order valence-electron chi connectivity index (χ0n) is 18.4. The Hall–Kier alpha value is -3.54. The molecule has 0 fully saturated rings. The van der Waals surface area contributed by atoms with E-state index in [9.17, 15) is 9.59 Å². The Morgan fingerprint density at radius 3 is 2.26 bits per heavy atom. The molecule has 0 saturated heterocycles. The molecule has 0 aromatic heterocycles. The lowest BCUT2D eigenvalue weighted by Crippen LogP contribution is -2.33. The standard InChI is InChI=1S/C25H27NO5/c1-15-9-11-18(12-10-15)26-20-13-16(2)21(24(27)30-4)22(23(20)25(28)31-5)17-7-6-8-19(14-17)29-3/h6-14,21-22,26H,1-5H3/t21-,22+/m1/s1. The fraction of sp³-hybridized carbons (Fsp3) is 0.280. The smallest absolute Gasteiger partial charge is 0.336 e. The fourth-order valence-electron chi connectivity index (χ4n) is 3.88. The average molecular weight is 421 g/mol. The number of hydrogen-bond donors (Lipinski definition) is 1. The molecule has 2 atom stereocenters. The normalized spacial score (nSPS) is 18.2. The molecule has 1 aliphatic carbocycles. The number of aryl methyl sites for hydroxylation is 1. The van der Waals surface area contributed by atoms with Crippen LogP contribution in [0.5, 0.6) is 5.75 Å². The minimum Gasteiger partial charge on any atom is -0.497 e. The number of ether oxygens (including phenoxy) is 3. The molecule has 0 amide bonds. The fourth-order valence-corrected chi connectivity index (χ4v) is 3.88. The van der Waals surface area contributed by atoms with Gasteiger partial charge < -0.3 is 19.5 Å². The molecular weight excluding hydrogens is 394 g/mol. The highest BCUT2D eigenvalue weighted by atomic mass is 16.5. The maximum absolute atomic E-state index is 13.0. The van der Waals surface area contributed by atoms with Crippen LogP contribution in [-0.4, -0.2) is 33.3 Å². The van der Waals surface area contributed by atoms with Gasteiger partial charge >= 0.3 is 11.9 Å². The number of hydrogen-bond acceptors (Lipinski definition) is 6. The van der Waals surface area contributed by atoms with Gasteiger partial charge in [0, 0.05) is 17.3 Å². The van der Waals surface area contributed by atoms with Gasteiger partial charge in [-0.15, -0.1) is 0 Å². The molecule has 31 heavy (non-hydrogen) atoms. The molecule has 3 rings (SSSR count). The van der Waals surface area contributed by atoms with Crippen molar-refractivity contribution in [2.24, 2.45) is 5.92 Å². The van der Waals surface area contributed by atoms with Crippen LogP contribution in [-0.2, 0) is 19.1 Å². The quantitative estimate of drug-likeness (QED) is 0.698. The molecule has 6 nitrogen and oxygen atoms in total. The summed E-state index contributed by atoms with van der Waals surface area (Å²) in [5.41, 5.74) is 4.43. The highest BCUT2D eigenvalue weighted by Crippen LogP contribution is 2.44. The monoisotopic (exact) mass is 421 g/mol. The van der Waals surface area contributed by atoms with Crippen LogP contribution < -0.4 is 10.1 Å². The van der Waals surface area contributed by atoms with Gasteiger partial charge in [-0.3, -0.25) is 4.79 Å². The van der Waals surface area contributed by atoms with E-state index in [1.807, 2.05) is 68.5 Å². The Kier molecular flexibility index (Phi) is 6.80. The van der Waals surface area contributed by atoms with Gasteiger partial charge in [-0.05, 0) is 49.8 Å². The summed E-state index contributed by atoms with van der Waals surface area (Å²) in [6.45, 7) is 3.87. The molecule has 0 saturated carbocycles. The number of nitrogens with one attached hydrogen (secondary N) is 1. The van der Waals surface area contributed by atoms with Crippen molar-refractivity contribution in [3.05, 3.63) is 82.6 Å². The van der Waals surface area contributed by atoms with Gasteiger partial charge in [0.2, 0.25) is 0 Å². The summed E-state index contributed by atoms with van der Waals surface area (Å²) in [5, 5.41) is 3.33. The maximum atomic E-state index is 13.0. The van der Waals surface area contributed by atoms with Crippen molar-refractivity contribution in [2.45, 2.75) is 19.8 Å². The third kappa shape index (κ3) is 4.63. The number of esters is 2. The summed E-state index contributed by atoms with van der Waals surface area (Å²) in [4.78, 5) is 25.8. The van der Waals surface area contributed by atoms with Crippen molar-refractivity contribution < 1.29 is 23.8 Å². The van der Waals surface area contributed by atoms with Gasteiger partial charge in [0.1, 0.15) is 5.75 Å². The molecule has 2 aromatic rings. The number of methoxy groups -OCH3 is 3. The predicted molar refractivity (Wildman–Crippen MR) is 119 cm³/mol. The van der Waals surface area contributed by atoms with Crippen molar-refractivity contribution >= 4 is 17.6 Å². The summed E-state index contributed by atoms with van der Waals surface area (Å²) in [6, 6.07) is 15.2. The number of allylic oxidation sites excluding steroid dienone is 1. The molecule has 0 aliphatic heterocycles. The second-order valence-electron chi connectivity index (χ2n) is 7.45. The number of anilines is 1. The molecule has 6 heteroatoms. The lowest BCUT2D eigenvalue weighted by molar-refractivity contribution is -0.144. The van der Waals surface area contributed by atoms with E-state index in [0.29, 0.717) is 17.0 Å². The molecule has 0 heterocycles. The van der Waals surface area contributed by atoms with Crippen LogP contribution >= 0.6 is 0 Å². The minimum atomic E-state index is -0.672. The molecule has 1 aliphatic rings. The van der Waals surface area contributed by atoms with E-state index in [2.05, 4.69) is 5.32 Å². The van der Waals surface area contributed by atoms with Gasteiger partial charge in [-0.25, -0.2) is 4.79 Å². The number of carbonyl (C=O) groups excluding carboxylic acids is 2. The van der Waals surface area contributed by atoms with Gasteiger partial charge in [-0.1, -0.05) is 35.4 Å². The number of rotatable bonds is 6. The zero-order chi connectivity index (χ0) is 22.5. The molecule has 0 radical (unpaired) electrons. The largest absolute Gasteiger partial charge is 0.497 e. The van der Waals surface area contributed by atoms with Crippen LogP contribution in [0, 0.1) is 12.8 Å². The second kappa shape index (κ2) is 9.51. The van der Waals surface area contributed by atoms with E-state index in [1.165, 1.54) is 14.2 Å². The number of benzene rings is 2. The van der Waals surface area contributed by atoms with Crippen LogP contribution in [0.1, 0.15) is 24.0 Å². The van der Waals surface area contributed by atoms with E-state index < -0.39 is 23.8 Å². The van der Waals surface area contributed by atoms with E-state index in [-0.39, 0.29) is 0 Å². The van der Waals surface area contributed by atoms with Crippen molar-refractivity contribution in [3.8, 4) is 5.75 Å². The van der Waals surface area contributed by atoms with Gasteiger partial charge in [0.15, 0.2) is 0 Å². The SMILES string of the molecule is COC(=O)C1=C(Nc2ccc(C)cc2)C=C(C)[C@@H](C(=O)OC)[C@@H]1c1cccc(OC)c1. The summed E-state index contributed by atoms with van der Waals surface area (Å²) in [7, 11) is 4.25. The molecule has 162 valence electrons. The van der Waals surface area contributed by atoms with E-state index in [1.54, 1.807) is 7.11 Å². The Balaban J connectivity index is 2.21. The maximum Gasteiger partial charge on any atom is 0.336 e. The van der Waals surface area contributed by atoms with Crippen molar-refractivity contribution in [1.82, 2.24) is 0 Å². The lowest BCUT2D eigenvalue weighted by atomic mass is 9.72. The second-order valence-corrected chi connectivity index (χ2v) is 7.45. The van der Waals surface area contributed by atoms with Crippen LogP contribution in [0.3, 0.4) is 0 Å². The molecule has 0 spiro atoms. The van der Waals surface area contributed by atoms with E-state index >= 15 is 0 Å². The number of carbonyl (C=O) groups is 2. The third-order valence-electron chi connectivity index (χ3n) is 5.44. The molecule has 2 aromatic carbocycles. The van der Waals surface area contributed by atoms with Crippen molar-refractivity contribution in [1.29, 1.82) is 0 Å². The van der Waals surface area contributed by atoms with Crippen molar-refractivity contribution in [2.75, 3.05) is 26.6 Å². The summed E-state index contributed by atoms with van der Waals surface area (Å²) in [6.07, 6.45) is 1.81. The topological polar surface area (TPSA) is 73.9 Å². The predicted octanol–water partition coefficient (Wildman–Crippen LogP) is 4.38. The Labute approximate surface area is 182 Å². The summed E-state index contributed by atoms with van der Waals surface area (Å²) in [5.74, 6) is -1.58. The Morgan fingerprint density at radius 1 is 0.935 bits per heavy atom. The zero-order valence-corrected chi connectivity index (χ0v) is 18.4. The summed E-state index contributed by atoms with van der Waals surface area (Å²) < 4.78 is 15.6. The molecule has 0 unspecified atom stereocenters. The first-order valence-corrected chi connectivity index (χ1v) is 9.95. The highest BCUT2D eigenvalue weighted by molar-refractivity contribution is 5.95. The average Bonchev–Trinajstić information content (AvgIpc) is 2.79. The van der Waals surface area contributed by atoms with E-state index in [0.717, 1.165) is 22.4 Å². The van der Waals surface area contributed by atoms with Gasteiger partial charge in [-0.2, -0.15) is 0 Å². The van der Waals surface area contributed by atoms with Gasteiger partial charge in [0.05, 0.1) is 32.8 Å². The van der Waals surface area contributed by atoms with Crippen LogP contribution in [0.2, 0.25) is 0 Å². The molecular formula is C25H27NO5. The molecule has 1 N–H and O–H groups in total. The van der Waals surface area contributed by atoms with Crippen LogP contribution in [0.4, 0.5) is 5.69 Å². The van der Waals surface area contributed by atoms with Crippen LogP contribution in [0.15, 0.2) is 71.5 Å². The first-order chi connectivity index (χ1) is 14.9. The molecule has 0 bridgehead atoms. The minimum absolute atomic E-state index is 0.359. The third-order valence-corrected chi connectivity index (χ3v) is 5.44. The summed E-state index contributed by atoms with van der Waals surface area (Å²) >= 11 is 0. The van der Waals surface area contributed by atoms with Crippen LogP contribution in [0.25, 0.3) is 0 Å². The van der Waals surface area contributed by atoms with E-state index in [4.69, 9.17) is 14.2 Å². The lowest BCUT2D eigenvalue weighted by Gasteiger charge is -2.33. The van der Waals surface area contributed by atoms with Gasteiger partial charge in [0.25, 0.3) is 0 Å². The highest BCUT2D eigenvalue weighted by Gasteiger charge is 2.42. The van der Waals surface area contributed by atoms with Crippen molar-refractivity contribution in [3.63, 3.8) is 0 Å². The first-order valence-electron chi connectivity index (χ1n) is 9.95. The first kappa shape index (κ1) is 22.2. The Morgan fingerprint density at radius 2 is 1.65 bits per heavy atom.